The first kappa shape index (κ1) is 13.2. The van der Waals surface area contributed by atoms with Crippen LogP contribution in [0.3, 0.4) is 0 Å². The molecular formula is C15H16ClN3O. The van der Waals surface area contributed by atoms with Crippen LogP contribution in [0.25, 0.3) is 0 Å². The Morgan fingerprint density at radius 1 is 1.35 bits per heavy atom. The van der Waals surface area contributed by atoms with Gasteiger partial charge in [-0.1, -0.05) is 29.8 Å². The maximum atomic E-state index is 12.5. The lowest BCUT2D eigenvalue weighted by Crippen LogP contribution is -2.37. The van der Waals surface area contributed by atoms with Gasteiger partial charge in [-0.25, -0.2) is 0 Å². The number of amides is 1. The van der Waals surface area contributed by atoms with E-state index in [0.717, 1.165) is 35.5 Å². The molecule has 4 nitrogen and oxygen atoms in total. The third kappa shape index (κ3) is 2.10. The molecule has 0 radical (unpaired) electrons. The summed E-state index contributed by atoms with van der Waals surface area (Å²) < 4.78 is 1.76. The third-order valence-corrected chi connectivity index (χ3v) is 4.28. The fourth-order valence-electron chi connectivity index (χ4n) is 2.66. The van der Waals surface area contributed by atoms with Crippen LogP contribution in [0.5, 0.6) is 0 Å². The predicted molar refractivity (Wildman–Crippen MR) is 77.8 cm³/mol. The van der Waals surface area contributed by atoms with Gasteiger partial charge in [-0.3, -0.25) is 9.48 Å². The maximum absolute atomic E-state index is 12.5. The summed E-state index contributed by atoms with van der Waals surface area (Å²) in [6.07, 6.45) is 0.885. The standard InChI is InChI=1S/C15H16ClN3O/c1-10-14(16)13(18(2)17-10)9-19-8-7-11-5-3-4-6-12(11)15(19)20/h3-6H,7-9H2,1-2H3. The average Bonchev–Trinajstić information content (AvgIpc) is 2.68. The highest BCUT2D eigenvalue weighted by atomic mass is 35.5. The van der Waals surface area contributed by atoms with E-state index in [1.54, 1.807) is 4.68 Å². The highest BCUT2D eigenvalue weighted by Crippen LogP contribution is 2.24. The third-order valence-electron chi connectivity index (χ3n) is 3.79. The summed E-state index contributed by atoms with van der Waals surface area (Å²) in [6.45, 7) is 3.10. The summed E-state index contributed by atoms with van der Waals surface area (Å²) in [7, 11) is 1.86. The Morgan fingerprint density at radius 2 is 2.10 bits per heavy atom. The molecule has 0 saturated heterocycles. The van der Waals surface area contributed by atoms with E-state index in [1.807, 2.05) is 43.1 Å². The van der Waals surface area contributed by atoms with Crippen molar-refractivity contribution in [3.05, 3.63) is 51.8 Å². The van der Waals surface area contributed by atoms with Crippen molar-refractivity contribution < 1.29 is 4.79 Å². The molecule has 0 unspecified atom stereocenters. The van der Waals surface area contributed by atoms with Gasteiger partial charge in [0.05, 0.1) is 23.0 Å². The van der Waals surface area contributed by atoms with E-state index in [2.05, 4.69) is 5.10 Å². The lowest BCUT2D eigenvalue weighted by atomic mass is 9.99. The maximum Gasteiger partial charge on any atom is 0.254 e. The second-order valence-corrected chi connectivity index (χ2v) is 5.48. The molecule has 0 atom stereocenters. The van der Waals surface area contributed by atoms with Gasteiger partial charge in [0.1, 0.15) is 0 Å². The number of aromatic nitrogens is 2. The molecule has 0 fully saturated rings. The van der Waals surface area contributed by atoms with Gasteiger partial charge in [-0.05, 0) is 25.0 Å². The molecule has 0 bridgehead atoms. The number of rotatable bonds is 2. The predicted octanol–water partition coefficient (Wildman–Crippen LogP) is 2.58. The Labute approximate surface area is 123 Å². The SMILES string of the molecule is Cc1nn(C)c(CN2CCc3ccccc3C2=O)c1Cl. The monoisotopic (exact) mass is 289 g/mol. The minimum Gasteiger partial charge on any atom is -0.332 e. The molecule has 5 heteroatoms. The van der Waals surface area contributed by atoms with Gasteiger partial charge in [0.15, 0.2) is 0 Å². The number of carbonyl (C=O) groups excluding carboxylic acids is 1. The topological polar surface area (TPSA) is 38.1 Å². The van der Waals surface area contributed by atoms with E-state index in [9.17, 15) is 4.79 Å². The molecule has 20 heavy (non-hydrogen) atoms. The molecule has 2 aromatic rings. The first-order valence-electron chi connectivity index (χ1n) is 6.63. The zero-order valence-corrected chi connectivity index (χ0v) is 12.3. The van der Waals surface area contributed by atoms with Crippen molar-refractivity contribution in [1.82, 2.24) is 14.7 Å². The van der Waals surface area contributed by atoms with Crippen molar-refractivity contribution in [2.45, 2.75) is 19.9 Å². The minimum atomic E-state index is 0.0711. The molecule has 1 aromatic heterocycles. The van der Waals surface area contributed by atoms with Crippen molar-refractivity contribution >= 4 is 17.5 Å². The normalized spacial score (nSPS) is 14.6. The van der Waals surface area contributed by atoms with E-state index in [4.69, 9.17) is 11.6 Å². The van der Waals surface area contributed by atoms with Crippen LogP contribution in [-0.2, 0) is 20.0 Å². The largest absolute Gasteiger partial charge is 0.332 e. The van der Waals surface area contributed by atoms with Crippen LogP contribution in [0, 0.1) is 6.92 Å². The van der Waals surface area contributed by atoms with Crippen LogP contribution in [0.1, 0.15) is 27.3 Å². The first-order valence-corrected chi connectivity index (χ1v) is 7.01. The second-order valence-electron chi connectivity index (χ2n) is 5.10. The van der Waals surface area contributed by atoms with Crippen molar-refractivity contribution in [3.8, 4) is 0 Å². The van der Waals surface area contributed by atoms with Crippen LogP contribution in [0.2, 0.25) is 5.02 Å². The Bertz CT molecular complexity index is 678. The molecule has 1 aromatic carbocycles. The molecule has 0 saturated carbocycles. The number of nitrogens with zero attached hydrogens (tertiary/aromatic N) is 3. The van der Waals surface area contributed by atoms with Crippen molar-refractivity contribution in [1.29, 1.82) is 0 Å². The zero-order chi connectivity index (χ0) is 14.3. The van der Waals surface area contributed by atoms with Crippen LogP contribution in [0.4, 0.5) is 0 Å². The highest BCUT2D eigenvalue weighted by Gasteiger charge is 2.25. The summed E-state index contributed by atoms with van der Waals surface area (Å²) in [5.41, 5.74) is 3.61. The van der Waals surface area contributed by atoms with Gasteiger partial charge in [-0.15, -0.1) is 0 Å². The van der Waals surface area contributed by atoms with Gasteiger partial charge < -0.3 is 4.90 Å². The molecule has 0 spiro atoms. The van der Waals surface area contributed by atoms with E-state index >= 15 is 0 Å². The van der Waals surface area contributed by atoms with Gasteiger partial charge >= 0.3 is 0 Å². The van der Waals surface area contributed by atoms with Crippen LogP contribution < -0.4 is 0 Å². The molecule has 1 amide bonds. The molecule has 0 N–H and O–H groups in total. The number of benzene rings is 1. The Kier molecular flexibility index (Phi) is 3.26. The first-order chi connectivity index (χ1) is 9.58. The quantitative estimate of drug-likeness (QED) is 0.852. The van der Waals surface area contributed by atoms with E-state index < -0.39 is 0 Å². The smallest absolute Gasteiger partial charge is 0.254 e. The Morgan fingerprint density at radius 3 is 2.80 bits per heavy atom. The summed E-state index contributed by atoms with van der Waals surface area (Å²) in [6, 6.07) is 7.79. The van der Waals surface area contributed by atoms with E-state index in [-0.39, 0.29) is 5.91 Å². The molecular weight excluding hydrogens is 274 g/mol. The number of hydrogen-bond donors (Lipinski definition) is 0. The number of aryl methyl sites for hydroxylation is 2. The minimum absolute atomic E-state index is 0.0711. The van der Waals surface area contributed by atoms with Crippen molar-refractivity contribution in [2.24, 2.45) is 7.05 Å². The van der Waals surface area contributed by atoms with Crippen molar-refractivity contribution in [3.63, 3.8) is 0 Å². The lowest BCUT2D eigenvalue weighted by Gasteiger charge is -2.28. The fourth-order valence-corrected chi connectivity index (χ4v) is 2.88. The molecule has 0 aliphatic carbocycles. The van der Waals surface area contributed by atoms with E-state index in [1.165, 1.54) is 0 Å². The lowest BCUT2D eigenvalue weighted by molar-refractivity contribution is 0.0723. The molecule has 1 aliphatic heterocycles. The zero-order valence-electron chi connectivity index (χ0n) is 11.6. The van der Waals surface area contributed by atoms with Crippen molar-refractivity contribution in [2.75, 3.05) is 6.54 Å². The van der Waals surface area contributed by atoms with Crippen LogP contribution >= 0.6 is 11.6 Å². The number of carbonyl (C=O) groups is 1. The average molecular weight is 290 g/mol. The summed E-state index contributed by atoms with van der Waals surface area (Å²) >= 11 is 6.26. The summed E-state index contributed by atoms with van der Waals surface area (Å²) in [5.74, 6) is 0.0711. The molecule has 104 valence electrons. The van der Waals surface area contributed by atoms with Gasteiger partial charge in [0.2, 0.25) is 0 Å². The van der Waals surface area contributed by atoms with Crippen LogP contribution in [0.15, 0.2) is 24.3 Å². The highest BCUT2D eigenvalue weighted by molar-refractivity contribution is 6.31. The van der Waals surface area contributed by atoms with E-state index in [0.29, 0.717) is 11.6 Å². The van der Waals surface area contributed by atoms with Gasteiger partial charge in [0, 0.05) is 19.2 Å². The number of hydrogen-bond acceptors (Lipinski definition) is 2. The Hall–Kier alpha value is -1.81. The molecule has 2 heterocycles. The number of halogens is 1. The van der Waals surface area contributed by atoms with Gasteiger partial charge in [-0.2, -0.15) is 5.10 Å². The van der Waals surface area contributed by atoms with Crippen LogP contribution in [-0.4, -0.2) is 27.1 Å². The second kappa shape index (κ2) is 4.94. The fraction of sp³-hybridized carbons (Fsp3) is 0.333. The Balaban J connectivity index is 1.88. The molecule has 3 rings (SSSR count). The summed E-state index contributed by atoms with van der Waals surface area (Å²) in [5, 5.41) is 4.94. The molecule has 1 aliphatic rings. The van der Waals surface area contributed by atoms with Gasteiger partial charge in [0.25, 0.3) is 5.91 Å². The summed E-state index contributed by atoms with van der Waals surface area (Å²) in [4.78, 5) is 14.3. The number of fused-ring (bicyclic) bond motifs is 1.